The molecule has 1 heterocycles. The Morgan fingerprint density at radius 1 is 1.18 bits per heavy atom. The molecule has 0 radical (unpaired) electrons. The third-order valence-electron chi connectivity index (χ3n) is 7.54. The second kappa shape index (κ2) is 7.71. The van der Waals surface area contributed by atoms with Crippen molar-refractivity contribution in [1.82, 2.24) is 9.62 Å². The fourth-order valence-corrected chi connectivity index (χ4v) is 6.95. The van der Waals surface area contributed by atoms with Gasteiger partial charge in [0.25, 0.3) is 0 Å². The molecule has 0 unspecified atom stereocenters. The zero-order chi connectivity index (χ0) is 23.6. The zero-order valence-corrected chi connectivity index (χ0v) is 19.1. The van der Waals surface area contributed by atoms with Gasteiger partial charge in [-0.2, -0.15) is 13.2 Å². The van der Waals surface area contributed by atoms with E-state index in [1.807, 2.05) is 13.0 Å². The summed E-state index contributed by atoms with van der Waals surface area (Å²) in [6, 6.07) is 8.48. The molecule has 0 aromatic heterocycles. The van der Waals surface area contributed by atoms with Crippen LogP contribution in [0, 0.1) is 5.92 Å². The molecule has 3 aliphatic rings. The van der Waals surface area contributed by atoms with E-state index in [2.05, 4.69) is 9.62 Å². The Balaban J connectivity index is 1.54. The van der Waals surface area contributed by atoms with Gasteiger partial charge in [-0.15, -0.1) is 0 Å². The average Bonchev–Trinajstić information content (AvgIpc) is 3.56. The molecule has 5 rings (SSSR count). The minimum Gasteiger partial charge on any atom is -0.508 e. The quantitative estimate of drug-likeness (QED) is 0.678. The molecule has 2 fully saturated rings. The van der Waals surface area contributed by atoms with E-state index in [0.29, 0.717) is 24.8 Å². The van der Waals surface area contributed by atoms with Crippen LogP contribution in [0.25, 0.3) is 0 Å². The summed E-state index contributed by atoms with van der Waals surface area (Å²) >= 11 is 0. The number of hydrogen-bond donors (Lipinski definition) is 2. The second-order valence-electron chi connectivity index (χ2n) is 9.84. The van der Waals surface area contributed by atoms with Crippen LogP contribution in [0.3, 0.4) is 0 Å². The van der Waals surface area contributed by atoms with Crippen molar-refractivity contribution in [3.63, 3.8) is 0 Å². The first-order valence-electron chi connectivity index (χ1n) is 11.2. The predicted molar refractivity (Wildman–Crippen MR) is 117 cm³/mol. The molecule has 9 heteroatoms. The summed E-state index contributed by atoms with van der Waals surface area (Å²) in [5.74, 6) is 0.740. The maximum Gasteiger partial charge on any atom is 0.416 e. The van der Waals surface area contributed by atoms with E-state index < -0.39 is 38.1 Å². The number of fused-ring (bicyclic) bond motifs is 4. The van der Waals surface area contributed by atoms with Gasteiger partial charge >= 0.3 is 6.18 Å². The Morgan fingerprint density at radius 2 is 1.94 bits per heavy atom. The van der Waals surface area contributed by atoms with Crippen molar-refractivity contribution in [2.24, 2.45) is 5.92 Å². The van der Waals surface area contributed by atoms with Crippen molar-refractivity contribution in [2.45, 2.75) is 61.2 Å². The lowest BCUT2D eigenvalue weighted by molar-refractivity contribution is -0.137. The number of phenols is 1. The van der Waals surface area contributed by atoms with Crippen LogP contribution in [-0.4, -0.2) is 43.6 Å². The first kappa shape index (κ1) is 22.7. The van der Waals surface area contributed by atoms with Gasteiger partial charge in [0.1, 0.15) is 5.75 Å². The number of hydrogen-bond acceptors (Lipinski definition) is 4. The lowest BCUT2D eigenvalue weighted by Gasteiger charge is -2.55. The van der Waals surface area contributed by atoms with Gasteiger partial charge in [0.2, 0.25) is 10.0 Å². The third kappa shape index (κ3) is 4.15. The first-order chi connectivity index (χ1) is 15.5. The first-order valence-corrected chi connectivity index (χ1v) is 12.7. The molecule has 1 aliphatic heterocycles. The third-order valence-corrected chi connectivity index (χ3v) is 8.98. The van der Waals surface area contributed by atoms with E-state index in [0.717, 1.165) is 36.3 Å². The minimum absolute atomic E-state index is 0.109. The molecule has 1 saturated carbocycles. The van der Waals surface area contributed by atoms with E-state index >= 15 is 0 Å². The second-order valence-corrected chi connectivity index (χ2v) is 11.6. The normalized spacial score (nSPS) is 27.9. The maximum absolute atomic E-state index is 13.3. The summed E-state index contributed by atoms with van der Waals surface area (Å²) in [7, 11) is -4.21. The van der Waals surface area contributed by atoms with Crippen molar-refractivity contribution >= 4 is 10.0 Å². The molecule has 33 heavy (non-hydrogen) atoms. The Labute approximate surface area is 191 Å². The fourth-order valence-electron chi connectivity index (χ4n) is 5.52. The van der Waals surface area contributed by atoms with E-state index in [4.69, 9.17) is 0 Å². The van der Waals surface area contributed by atoms with Crippen LogP contribution in [-0.2, 0) is 28.0 Å². The Morgan fingerprint density at radius 3 is 2.64 bits per heavy atom. The lowest BCUT2D eigenvalue weighted by Crippen LogP contribution is -2.67. The molecule has 2 aliphatic carbocycles. The molecule has 2 aromatic carbocycles. The minimum atomic E-state index is -4.63. The molecular formula is C24H27F3N2O3S. The monoisotopic (exact) mass is 480 g/mol. The highest BCUT2D eigenvalue weighted by atomic mass is 32.2. The van der Waals surface area contributed by atoms with Gasteiger partial charge in [0.05, 0.1) is 10.5 Å². The summed E-state index contributed by atoms with van der Waals surface area (Å²) in [4.78, 5) is 1.95. The van der Waals surface area contributed by atoms with Gasteiger partial charge in [0.15, 0.2) is 0 Å². The van der Waals surface area contributed by atoms with Crippen molar-refractivity contribution in [2.75, 3.05) is 13.1 Å². The number of nitrogens with zero attached hydrogens (tertiary/aromatic N) is 1. The number of rotatable bonds is 5. The lowest BCUT2D eigenvalue weighted by atomic mass is 9.62. The molecule has 1 saturated heterocycles. The summed E-state index contributed by atoms with van der Waals surface area (Å²) in [6.45, 7) is 3.70. The van der Waals surface area contributed by atoms with Gasteiger partial charge in [-0.1, -0.05) is 19.1 Å². The highest BCUT2D eigenvalue weighted by molar-refractivity contribution is 7.89. The molecular weight excluding hydrogens is 453 g/mol. The molecule has 3 atom stereocenters. The number of halogens is 3. The molecule has 0 amide bonds. The standard InChI is InChI=1S/C24H27F3N2O3S/c1-23-9-10-29(14-15-5-6-15)21(11-16-7-8-18(30)13-20(16)23)22(23)28-33(31,32)19-4-2-3-17(12-19)24(25,26)27/h2-4,7-8,12-13,15,21-22,28,30H,5-6,9-11,14H2,1H3/t21-,22-,23-/m1/s1. The van der Waals surface area contributed by atoms with Crippen LogP contribution >= 0.6 is 0 Å². The van der Waals surface area contributed by atoms with Crippen LogP contribution in [0.15, 0.2) is 47.4 Å². The summed E-state index contributed by atoms with van der Waals surface area (Å²) in [5.41, 5.74) is 0.397. The number of likely N-dealkylation sites (tertiary alicyclic amines) is 1. The number of phenolic OH excluding ortho intramolecular Hbond substituents is 1. The van der Waals surface area contributed by atoms with E-state index in [-0.39, 0.29) is 11.8 Å². The SMILES string of the molecule is C[C@@]12CCN(CC3CC3)[C@H](Cc3ccc(O)cc31)[C@H]2NS(=O)(=O)c1cccc(C(F)(F)F)c1. The van der Waals surface area contributed by atoms with Crippen LogP contribution in [0.5, 0.6) is 5.75 Å². The summed E-state index contributed by atoms with van der Waals surface area (Å²) < 4.78 is 69.1. The van der Waals surface area contributed by atoms with Crippen LogP contribution in [0.4, 0.5) is 13.2 Å². The van der Waals surface area contributed by atoms with Crippen LogP contribution in [0.2, 0.25) is 0 Å². The molecule has 5 nitrogen and oxygen atoms in total. The van der Waals surface area contributed by atoms with Gasteiger partial charge in [-0.25, -0.2) is 13.1 Å². The summed E-state index contributed by atoms with van der Waals surface area (Å²) in [5, 5.41) is 10.1. The highest BCUT2D eigenvalue weighted by Crippen LogP contribution is 2.47. The van der Waals surface area contributed by atoms with Gasteiger partial charge in [0, 0.05) is 24.0 Å². The van der Waals surface area contributed by atoms with Crippen LogP contribution in [0.1, 0.15) is 42.9 Å². The van der Waals surface area contributed by atoms with Crippen molar-refractivity contribution in [1.29, 1.82) is 0 Å². The zero-order valence-electron chi connectivity index (χ0n) is 18.3. The Kier molecular flexibility index (Phi) is 5.30. The van der Waals surface area contributed by atoms with E-state index in [1.165, 1.54) is 18.9 Å². The van der Waals surface area contributed by atoms with E-state index in [1.54, 1.807) is 12.1 Å². The predicted octanol–water partition coefficient (Wildman–Crippen LogP) is 4.06. The van der Waals surface area contributed by atoms with Crippen molar-refractivity contribution in [3.8, 4) is 5.75 Å². The fraction of sp³-hybridized carbons (Fsp3) is 0.500. The molecule has 2 aromatic rings. The van der Waals surface area contributed by atoms with Crippen molar-refractivity contribution < 1.29 is 26.7 Å². The van der Waals surface area contributed by atoms with Crippen molar-refractivity contribution in [3.05, 3.63) is 59.2 Å². The number of nitrogens with one attached hydrogen (secondary N) is 1. The summed E-state index contributed by atoms with van der Waals surface area (Å²) in [6.07, 6.45) is -0.982. The Hall–Kier alpha value is -2.10. The van der Waals surface area contributed by atoms with Gasteiger partial charge in [-0.05, 0) is 79.6 Å². The van der Waals surface area contributed by atoms with Gasteiger partial charge in [-0.3, -0.25) is 4.90 Å². The molecule has 2 N–H and O–H groups in total. The highest BCUT2D eigenvalue weighted by Gasteiger charge is 2.52. The number of piperidine rings is 1. The largest absolute Gasteiger partial charge is 0.508 e. The smallest absolute Gasteiger partial charge is 0.416 e. The average molecular weight is 481 g/mol. The van der Waals surface area contributed by atoms with E-state index in [9.17, 15) is 26.7 Å². The Bertz CT molecular complexity index is 1180. The number of sulfonamides is 1. The number of benzene rings is 2. The topological polar surface area (TPSA) is 69.6 Å². The van der Waals surface area contributed by atoms with Crippen LogP contribution < -0.4 is 4.72 Å². The molecule has 178 valence electrons. The number of aromatic hydroxyl groups is 1. The molecule has 0 spiro atoms. The number of alkyl halides is 3. The maximum atomic E-state index is 13.3. The molecule has 2 bridgehead atoms. The van der Waals surface area contributed by atoms with Gasteiger partial charge < -0.3 is 5.11 Å².